The van der Waals surface area contributed by atoms with Gasteiger partial charge in [0, 0.05) is 0 Å². The number of carboxylic acids is 1. The molecule has 0 saturated heterocycles. The van der Waals surface area contributed by atoms with Crippen molar-refractivity contribution in [1.82, 2.24) is 0 Å². The van der Waals surface area contributed by atoms with E-state index in [1.165, 1.54) is 0 Å². The van der Waals surface area contributed by atoms with Gasteiger partial charge >= 0.3 is 5.97 Å². The molecule has 2 unspecified atom stereocenters. The van der Waals surface area contributed by atoms with E-state index < -0.39 is 5.97 Å². The first-order chi connectivity index (χ1) is 7.95. The zero-order valence-electron chi connectivity index (χ0n) is 10.9. The molecule has 0 saturated carbocycles. The summed E-state index contributed by atoms with van der Waals surface area (Å²) in [7, 11) is 1.64. The van der Waals surface area contributed by atoms with Gasteiger partial charge in [-0.15, -0.1) is 0 Å². The minimum atomic E-state index is -0.746. The first kappa shape index (κ1) is 13.6. The zero-order valence-corrected chi connectivity index (χ0v) is 10.9. The minimum Gasteiger partial charge on any atom is -0.496 e. The first-order valence-corrected chi connectivity index (χ1v) is 5.82. The summed E-state index contributed by atoms with van der Waals surface area (Å²) >= 11 is 0. The number of carbonyl (C=O) groups is 1. The van der Waals surface area contributed by atoms with Crippen LogP contribution in [0.15, 0.2) is 18.2 Å². The quantitative estimate of drug-likeness (QED) is 0.855. The monoisotopic (exact) mass is 236 g/mol. The van der Waals surface area contributed by atoms with Crippen LogP contribution >= 0.6 is 0 Å². The Hall–Kier alpha value is -1.51. The van der Waals surface area contributed by atoms with Crippen molar-refractivity contribution >= 4 is 5.97 Å². The summed E-state index contributed by atoms with van der Waals surface area (Å²) in [5, 5.41) is 8.98. The van der Waals surface area contributed by atoms with E-state index in [0.29, 0.717) is 0 Å². The predicted molar refractivity (Wildman–Crippen MR) is 67.4 cm³/mol. The number of hydrogen-bond donors (Lipinski definition) is 1. The number of carboxylic acid groups (broad SMARTS) is 1. The molecule has 0 aliphatic heterocycles. The molecule has 0 aromatic heterocycles. The predicted octanol–water partition coefficient (Wildman–Crippen LogP) is 2.90. The Kier molecular flexibility index (Phi) is 4.55. The van der Waals surface area contributed by atoms with Gasteiger partial charge in [0.25, 0.3) is 0 Å². The Morgan fingerprint density at radius 2 is 2.06 bits per heavy atom. The largest absolute Gasteiger partial charge is 0.496 e. The number of benzene rings is 1. The van der Waals surface area contributed by atoms with E-state index in [-0.39, 0.29) is 11.8 Å². The molecule has 0 radical (unpaired) electrons. The Balaban J connectivity index is 2.86. The van der Waals surface area contributed by atoms with Crippen molar-refractivity contribution in [2.75, 3.05) is 7.11 Å². The van der Waals surface area contributed by atoms with E-state index >= 15 is 0 Å². The highest BCUT2D eigenvalue weighted by Crippen LogP contribution is 2.25. The van der Waals surface area contributed by atoms with E-state index in [4.69, 9.17) is 9.84 Å². The highest BCUT2D eigenvalue weighted by Gasteiger charge is 2.20. The van der Waals surface area contributed by atoms with Crippen molar-refractivity contribution in [3.05, 3.63) is 29.3 Å². The molecule has 3 nitrogen and oxygen atoms in total. The molecule has 3 heteroatoms. The number of methoxy groups -OCH3 is 1. The van der Waals surface area contributed by atoms with Crippen LogP contribution in [-0.2, 0) is 11.2 Å². The number of aryl methyl sites for hydroxylation is 1. The average Bonchev–Trinajstić information content (AvgIpc) is 2.28. The highest BCUT2D eigenvalue weighted by atomic mass is 16.5. The van der Waals surface area contributed by atoms with Crippen LogP contribution in [-0.4, -0.2) is 18.2 Å². The summed E-state index contributed by atoms with van der Waals surface area (Å²) in [6.45, 7) is 5.73. The van der Waals surface area contributed by atoms with Gasteiger partial charge in [0.1, 0.15) is 5.75 Å². The molecule has 94 valence electrons. The number of hydrogen-bond acceptors (Lipinski definition) is 2. The van der Waals surface area contributed by atoms with Crippen LogP contribution in [0.25, 0.3) is 0 Å². The number of rotatable bonds is 5. The number of ether oxygens (including phenoxy) is 1. The van der Waals surface area contributed by atoms with Crippen molar-refractivity contribution in [3.8, 4) is 5.75 Å². The molecule has 0 amide bonds. The fraction of sp³-hybridized carbons (Fsp3) is 0.500. The fourth-order valence-corrected chi connectivity index (χ4v) is 1.83. The van der Waals surface area contributed by atoms with Crippen LogP contribution in [0, 0.1) is 18.8 Å². The topological polar surface area (TPSA) is 46.5 Å². The third-order valence-corrected chi connectivity index (χ3v) is 3.22. The fourth-order valence-electron chi connectivity index (χ4n) is 1.83. The lowest BCUT2D eigenvalue weighted by molar-refractivity contribution is -0.142. The second-order valence-electron chi connectivity index (χ2n) is 4.62. The van der Waals surface area contributed by atoms with Crippen molar-refractivity contribution in [1.29, 1.82) is 0 Å². The van der Waals surface area contributed by atoms with Crippen molar-refractivity contribution in [3.63, 3.8) is 0 Å². The van der Waals surface area contributed by atoms with Gasteiger partial charge in [0.2, 0.25) is 0 Å². The lowest BCUT2D eigenvalue weighted by atomic mass is 9.89. The lowest BCUT2D eigenvalue weighted by Crippen LogP contribution is -2.20. The van der Waals surface area contributed by atoms with Gasteiger partial charge in [-0.05, 0) is 30.9 Å². The summed E-state index contributed by atoms with van der Waals surface area (Å²) in [5.41, 5.74) is 2.24. The summed E-state index contributed by atoms with van der Waals surface area (Å²) in [4.78, 5) is 10.9. The molecule has 17 heavy (non-hydrogen) atoms. The van der Waals surface area contributed by atoms with Gasteiger partial charge in [0.15, 0.2) is 0 Å². The van der Waals surface area contributed by atoms with Gasteiger partial charge in [-0.3, -0.25) is 4.79 Å². The highest BCUT2D eigenvalue weighted by molar-refractivity contribution is 5.69. The molecule has 0 heterocycles. The molecular formula is C14H20O3. The summed E-state index contributed by atoms with van der Waals surface area (Å²) in [6.07, 6.45) is 0.721. The van der Waals surface area contributed by atoms with Crippen molar-refractivity contribution in [2.45, 2.75) is 27.2 Å². The first-order valence-electron chi connectivity index (χ1n) is 5.82. The zero-order chi connectivity index (χ0) is 13.0. The van der Waals surface area contributed by atoms with Crippen LogP contribution < -0.4 is 4.74 Å². The average molecular weight is 236 g/mol. The van der Waals surface area contributed by atoms with Gasteiger partial charge in [-0.25, -0.2) is 0 Å². The SMILES string of the molecule is COc1ccc(C)cc1CC(C)C(C)C(=O)O. The third-order valence-electron chi connectivity index (χ3n) is 3.22. The second kappa shape index (κ2) is 5.71. The Labute approximate surface area is 102 Å². The summed E-state index contributed by atoms with van der Waals surface area (Å²) in [5.74, 6) is -0.174. The van der Waals surface area contributed by atoms with Crippen molar-refractivity contribution < 1.29 is 14.6 Å². The smallest absolute Gasteiger partial charge is 0.306 e. The summed E-state index contributed by atoms with van der Waals surface area (Å²) < 4.78 is 5.29. The molecule has 0 bridgehead atoms. The van der Waals surface area contributed by atoms with E-state index in [9.17, 15) is 4.79 Å². The van der Waals surface area contributed by atoms with E-state index in [2.05, 4.69) is 6.07 Å². The molecule has 0 fully saturated rings. The lowest BCUT2D eigenvalue weighted by Gasteiger charge is -2.18. The molecule has 0 aliphatic carbocycles. The van der Waals surface area contributed by atoms with E-state index in [1.54, 1.807) is 14.0 Å². The molecule has 1 aromatic carbocycles. The molecule has 0 spiro atoms. The molecule has 1 N–H and O–H groups in total. The van der Waals surface area contributed by atoms with Crippen LogP contribution in [0.4, 0.5) is 0 Å². The van der Waals surface area contributed by atoms with Crippen molar-refractivity contribution in [2.24, 2.45) is 11.8 Å². The Bertz CT molecular complexity index is 398. The van der Waals surface area contributed by atoms with Crippen LogP contribution in [0.2, 0.25) is 0 Å². The second-order valence-corrected chi connectivity index (χ2v) is 4.62. The number of aliphatic carboxylic acids is 1. The summed E-state index contributed by atoms with van der Waals surface area (Å²) in [6, 6.07) is 5.99. The van der Waals surface area contributed by atoms with E-state index in [1.807, 2.05) is 26.0 Å². The maximum Gasteiger partial charge on any atom is 0.306 e. The molecule has 0 aliphatic rings. The van der Waals surface area contributed by atoms with Crippen LogP contribution in [0.3, 0.4) is 0 Å². The third kappa shape index (κ3) is 3.48. The van der Waals surface area contributed by atoms with Gasteiger partial charge in [0.05, 0.1) is 13.0 Å². The maximum absolute atomic E-state index is 10.9. The van der Waals surface area contributed by atoms with E-state index in [0.717, 1.165) is 23.3 Å². The Morgan fingerprint density at radius 1 is 1.41 bits per heavy atom. The molecule has 1 rings (SSSR count). The molecule has 2 atom stereocenters. The molecule has 1 aromatic rings. The minimum absolute atomic E-state index is 0.0863. The van der Waals surface area contributed by atoms with Gasteiger partial charge < -0.3 is 9.84 Å². The normalized spacial score (nSPS) is 14.1. The van der Waals surface area contributed by atoms with Crippen LogP contribution in [0.1, 0.15) is 25.0 Å². The standard InChI is InChI=1S/C14H20O3/c1-9-5-6-13(17-4)12(7-9)8-10(2)11(3)14(15)16/h5-7,10-11H,8H2,1-4H3,(H,15,16). The van der Waals surface area contributed by atoms with Gasteiger partial charge in [-0.2, -0.15) is 0 Å². The maximum atomic E-state index is 10.9. The molecular weight excluding hydrogens is 216 g/mol. The Morgan fingerprint density at radius 3 is 2.59 bits per heavy atom. The van der Waals surface area contributed by atoms with Crippen LogP contribution in [0.5, 0.6) is 5.75 Å². The van der Waals surface area contributed by atoms with Gasteiger partial charge in [-0.1, -0.05) is 31.5 Å².